The summed E-state index contributed by atoms with van der Waals surface area (Å²) in [5, 5.41) is 5.66. The Bertz CT molecular complexity index is 383. The predicted octanol–water partition coefficient (Wildman–Crippen LogP) is 2.48. The SMILES string of the molecule is CN(CCNCc1cc(Br)cs1)CC1CCN(C)C1. The number of rotatable bonds is 7. The van der Waals surface area contributed by atoms with Crippen LogP contribution in [0.3, 0.4) is 0 Å². The van der Waals surface area contributed by atoms with Gasteiger partial charge >= 0.3 is 0 Å². The molecule has 0 spiro atoms. The molecule has 0 saturated carbocycles. The van der Waals surface area contributed by atoms with Crippen LogP contribution in [0.2, 0.25) is 0 Å². The van der Waals surface area contributed by atoms with Gasteiger partial charge in [0.15, 0.2) is 0 Å². The van der Waals surface area contributed by atoms with Gasteiger partial charge in [0, 0.05) is 47.5 Å². The van der Waals surface area contributed by atoms with Crippen LogP contribution in [-0.2, 0) is 6.54 Å². The maximum atomic E-state index is 3.52. The van der Waals surface area contributed by atoms with E-state index < -0.39 is 0 Å². The highest BCUT2D eigenvalue weighted by atomic mass is 79.9. The molecule has 0 aromatic carbocycles. The van der Waals surface area contributed by atoms with Crippen molar-refractivity contribution in [1.82, 2.24) is 15.1 Å². The van der Waals surface area contributed by atoms with Crippen LogP contribution in [0.1, 0.15) is 11.3 Å². The van der Waals surface area contributed by atoms with Gasteiger partial charge in [-0.1, -0.05) is 0 Å². The van der Waals surface area contributed by atoms with Gasteiger partial charge in [0.2, 0.25) is 0 Å². The van der Waals surface area contributed by atoms with Crippen molar-refractivity contribution in [1.29, 1.82) is 0 Å². The fourth-order valence-corrected chi connectivity index (χ4v) is 4.06. The Kier molecular flexibility index (Phi) is 6.29. The summed E-state index contributed by atoms with van der Waals surface area (Å²) in [6.07, 6.45) is 1.36. The number of nitrogens with one attached hydrogen (secondary N) is 1. The van der Waals surface area contributed by atoms with Gasteiger partial charge in [-0.3, -0.25) is 0 Å². The standard InChI is InChI=1S/C14H24BrN3S/c1-17-5-3-12(9-17)10-18(2)6-4-16-8-14-7-13(15)11-19-14/h7,11-12,16H,3-6,8-10H2,1-2H3. The van der Waals surface area contributed by atoms with Gasteiger partial charge in [0.1, 0.15) is 0 Å². The van der Waals surface area contributed by atoms with Crippen LogP contribution >= 0.6 is 27.3 Å². The molecule has 19 heavy (non-hydrogen) atoms. The normalized spacial score (nSPS) is 20.5. The van der Waals surface area contributed by atoms with Crippen LogP contribution in [0.15, 0.2) is 15.9 Å². The van der Waals surface area contributed by atoms with E-state index in [1.165, 1.54) is 35.4 Å². The lowest BCUT2D eigenvalue weighted by Gasteiger charge is -2.21. The summed E-state index contributed by atoms with van der Waals surface area (Å²) in [6, 6.07) is 2.19. The highest BCUT2D eigenvalue weighted by Crippen LogP contribution is 2.19. The van der Waals surface area contributed by atoms with Gasteiger partial charge in [-0.2, -0.15) is 0 Å². The molecule has 1 aliphatic heterocycles. The number of thiophene rings is 1. The second-order valence-corrected chi connectivity index (χ2v) is 7.50. The molecule has 0 bridgehead atoms. The summed E-state index contributed by atoms with van der Waals surface area (Å²) in [7, 11) is 4.46. The number of likely N-dealkylation sites (tertiary alicyclic amines) is 1. The first-order chi connectivity index (χ1) is 9.13. The van der Waals surface area contributed by atoms with E-state index in [2.05, 4.69) is 56.6 Å². The number of hydrogen-bond donors (Lipinski definition) is 1. The van der Waals surface area contributed by atoms with Crippen molar-refractivity contribution in [3.8, 4) is 0 Å². The molecule has 1 saturated heterocycles. The third-order valence-electron chi connectivity index (χ3n) is 3.65. The monoisotopic (exact) mass is 345 g/mol. The molecule has 1 aromatic rings. The molecule has 3 nitrogen and oxygen atoms in total. The largest absolute Gasteiger partial charge is 0.311 e. The second kappa shape index (κ2) is 7.74. The number of halogens is 1. The van der Waals surface area contributed by atoms with Crippen LogP contribution in [0.5, 0.6) is 0 Å². The Hall–Kier alpha value is 0.0600. The molecule has 0 amide bonds. The Morgan fingerprint density at radius 2 is 2.42 bits per heavy atom. The number of hydrogen-bond acceptors (Lipinski definition) is 4. The fourth-order valence-electron chi connectivity index (χ4n) is 2.64. The molecular formula is C14H24BrN3S. The zero-order chi connectivity index (χ0) is 13.7. The zero-order valence-corrected chi connectivity index (χ0v) is 14.3. The third kappa shape index (κ3) is 5.52. The van der Waals surface area contributed by atoms with E-state index in [1.807, 2.05) is 0 Å². The van der Waals surface area contributed by atoms with Crippen LogP contribution in [0, 0.1) is 5.92 Å². The molecule has 1 N–H and O–H groups in total. The highest BCUT2D eigenvalue weighted by Gasteiger charge is 2.20. The van der Waals surface area contributed by atoms with E-state index >= 15 is 0 Å². The molecule has 2 heterocycles. The minimum absolute atomic E-state index is 0.864. The Labute approximate surface area is 129 Å². The summed E-state index contributed by atoms with van der Waals surface area (Å²) >= 11 is 5.29. The second-order valence-electron chi connectivity index (χ2n) is 5.59. The smallest absolute Gasteiger partial charge is 0.0300 e. The first-order valence-electron chi connectivity index (χ1n) is 6.94. The first-order valence-corrected chi connectivity index (χ1v) is 8.61. The van der Waals surface area contributed by atoms with Gasteiger partial charge < -0.3 is 15.1 Å². The lowest BCUT2D eigenvalue weighted by Crippen LogP contribution is -2.33. The number of likely N-dealkylation sites (N-methyl/N-ethyl adjacent to an activating group) is 1. The zero-order valence-electron chi connectivity index (χ0n) is 11.9. The van der Waals surface area contributed by atoms with Gasteiger partial charge in [-0.15, -0.1) is 11.3 Å². The van der Waals surface area contributed by atoms with Gasteiger partial charge in [-0.25, -0.2) is 0 Å². The molecule has 0 radical (unpaired) electrons. The van der Waals surface area contributed by atoms with Crippen molar-refractivity contribution in [2.45, 2.75) is 13.0 Å². The molecule has 1 aliphatic rings. The van der Waals surface area contributed by atoms with Crippen molar-refractivity contribution in [3.05, 3.63) is 20.8 Å². The molecule has 2 rings (SSSR count). The van der Waals surface area contributed by atoms with E-state index in [4.69, 9.17) is 0 Å². The van der Waals surface area contributed by atoms with E-state index in [0.717, 1.165) is 25.6 Å². The Balaban J connectivity index is 1.55. The average molecular weight is 346 g/mol. The van der Waals surface area contributed by atoms with Crippen molar-refractivity contribution in [2.24, 2.45) is 5.92 Å². The minimum atomic E-state index is 0.864. The minimum Gasteiger partial charge on any atom is -0.311 e. The molecule has 1 fully saturated rings. The molecule has 5 heteroatoms. The summed E-state index contributed by atoms with van der Waals surface area (Å²) in [5.41, 5.74) is 0. The lowest BCUT2D eigenvalue weighted by molar-refractivity contribution is 0.273. The molecule has 108 valence electrons. The summed E-state index contributed by atoms with van der Waals surface area (Å²) in [5.74, 6) is 0.864. The van der Waals surface area contributed by atoms with Gasteiger partial charge in [0.25, 0.3) is 0 Å². The number of nitrogens with zero attached hydrogens (tertiary/aromatic N) is 2. The van der Waals surface area contributed by atoms with Crippen LogP contribution in [-0.4, -0.2) is 56.6 Å². The predicted molar refractivity (Wildman–Crippen MR) is 86.8 cm³/mol. The van der Waals surface area contributed by atoms with Crippen molar-refractivity contribution in [3.63, 3.8) is 0 Å². The van der Waals surface area contributed by atoms with Gasteiger partial charge in [0.05, 0.1) is 0 Å². The molecule has 1 aromatic heterocycles. The van der Waals surface area contributed by atoms with Crippen molar-refractivity contribution < 1.29 is 0 Å². The third-order valence-corrected chi connectivity index (χ3v) is 5.35. The fraction of sp³-hybridized carbons (Fsp3) is 0.714. The van der Waals surface area contributed by atoms with Crippen LogP contribution in [0.4, 0.5) is 0 Å². The topological polar surface area (TPSA) is 18.5 Å². The quantitative estimate of drug-likeness (QED) is 0.766. The molecular weight excluding hydrogens is 322 g/mol. The van der Waals surface area contributed by atoms with E-state index in [9.17, 15) is 0 Å². The maximum absolute atomic E-state index is 3.52. The Morgan fingerprint density at radius 3 is 3.05 bits per heavy atom. The van der Waals surface area contributed by atoms with Crippen LogP contribution in [0.25, 0.3) is 0 Å². The van der Waals surface area contributed by atoms with Crippen LogP contribution < -0.4 is 5.32 Å². The van der Waals surface area contributed by atoms with E-state index in [0.29, 0.717) is 0 Å². The average Bonchev–Trinajstić information content (AvgIpc) is 2.94. The van der Waals surface area contributed by atoms with Crippen molar-refractivity contribution >= 4 is 27.3 Å². The summed E-state index contributed by atoms with van der Waals surface area (Å²) in [4.78, 5) is 6.29. The molecule has 0 aliphatic carbocycles. The lowest BCUT2D eigenvalue weighted by atomic mass is 10.1. The maximum Gasteiger partial charge on any atom is 0.0300 e. The Morgan fingerprint density at radius 1 is 1.58 bits per heavy atom. The summed E-state index contributed by atoms with van der Waals surface area (Å²) in [6.45, 7) is 6.94. The van der Waals surface area contributed by atoms with E-state index in [-0.39, 0.29) is 0 Å². The van der Waals surface area contributed by atoms with Gasteiger partial charge in [-0.05, 0) is 55.0 Å². The molecule has 1 unspecified atom stereocenters. The van der Waals surface area contributed by atoms with Crippen molar-refractivity contribution in [2.75, 3.05) is 46.8 Å². The van der Waals surface area contributed by atoms with E-state index in [1.54, 1.807) is 11.3 Å². The molecule has 1 atom stereocenters. The summed E-state index contributed by atoms with van der Waals surface area (Å²) < 4.78 is 1.19. The highest BCUT2D eigenvalue weighted by molar-refractivity contribution is 9.10. The first kappa shape index (κ1) is 15.4.